The van der Waals surface area contributed by atoms with Crippen molar-refractivity contribution in [1.82, 2.24) is 10.2 Å². The van der Waals surface area contributed by atoms with E-state index in [9.17, 15) is 13.6 Å². The Hall–Kier alpha value is -1.69. The standard InChI is InChI=1S/C14H19F2N3O/c1-19(2)14(4-3-5-14)8-18-13(20)9-6-10(15)12(17)11(16)7-9/h6-7H,3-5,8,17H2,1-2H3,(H,18,20). The van der Waals surface area contributed by atoms with Crippen molar-refractivity contribution in [2.75, 3.05) is 26.4 Å². The second kappa shape index (κ2) is 5.36. The highest BCUT2D eigenvalue weighted by molar-refractivity contribution is 5.94. The molecule has 3 N–H and O–H groups in total. The predicted octanol–water partition coefficient (Wildman–Crippen LogP) is 1.76. The molecule has 1 amide bonds. The zero-order valence-electron chi connectivity index (χ0n) is 11.7. The van der Waals surface area contributed by atoms with Gasteiger partial charge in [0.25, 0.3) is 5.91 Å². The molecule has 1 aliphatic rings. The topological polar surface area (TPSA) is 58.4 Å². The lowest BCUT2D eigenvalue weighted by Gasteiger charge is -2.47. The van der Waals surface area contributed by atoms with E-state index in [1.807, 2.05) is 14.1 Å². The summed E-state index contributed by atoms with van der Waals surface area (Å²) in [5, 5.41) is 2.74. The molecule has 4 nitrogen and oxygen atoms in total. The molecule has 1 aromatic rings. The third-order valence-corrected chi connectivity index (χ3v) is 4.15. The van der Waals surface area contributed by atoms with Crippen LogP contribution in [-0.2, 0) is 0 Å². The molecule has 0 radical (unpaired) electrons. The van der Waals surface area contributed by atoms with Crippen molar-refractivity contribution in [3.05, 3.63) is 29.3 Å². The third kappa shape index (κ3) is 2.60. The summed E-state index contributed by atoms with van der Waals surface area (Å²) in [6.45, 7) is 0.465. The van der Waals surface area contributed by atoms with Crippen LogP contribution in [-0.4, -0.2) is 37.0 Å². The third-order valence-electron chi connectivity index (χ3n) is 4.15. The first-order valence-corrected chi connectivity index (χ1v) is 6.56. The molecule has 0 bridgehead atoms. The Bertz CT molecular complexity index is 504. The van der Waals surface area contributed by atoms with Crippen LogP contribution in [0.2, 0.25) is 0 Å². The first kappa shape index (κ1) is 14.7. The maximum absolute atomic E-state index is 13.3. The lowest BCUT2D eigenvalue weighted by atomic mass is 9.75. The Balaban J connectivity index is 2.06. The number of carbonyl (C=O) groups is 1. The summed E-state index contributed by atoms with van der Waals surface area (Å²) in [5.41, 5.74) is 4.52. The number of carbonyl (C=O) groups excluding carboxylic acids is 1. The molecular formula is C14H19F2N3O. The monoisotopic (exact) mass is 283 g/mol. The molecule has 0 saturated heterocycles. The SMILES string of the molecule is CN(C)C1(CNC(=O)c2cc(F)c(N)c(F)c2)CCC1. The Morgan fingerprint density at radius 3 is 2.30 bits per heavy atom. The molecule has 0 spiro atoms. The number of hydrogen-bond donors (Lipinski definition) is 2. The zero-order chi connectivity index (χ0) is 14.9. The van der Waals surface area contributed by atoms with Crippen LogP contribution in [0.1, 0.15) is 29.6 Å². The number of nitrogens with two attached hydrogens (primary N) is 1. The molecule has 6 heteroatoms. The number of nitrogen functional groups attached to an aromatic ring is 1. The van der Waals surface area contributed by atoms with Gasteiger partial charge in [-0.05, 0) is 45.5 Å². The van der Waals surface area contributed by atoms with Crippen molar-refractivity contribution in [3.63, 3.8) is 0 Å². The van der Waals surface area contributed by atoms with E-state index in [4.69, 9.17) is 5.73 Å². The summed E-state index contributed by atoms with van der Waals surface area (Å²) in [7, 11) is 3.93. The van der Waals surface area contributed by atoms with Crippen molar-refractivity contribution < 1.29 is 13.6 Å². The van der Waals surface area contributed by atoms with Crippen molar-refractivity contribution in [1.29, 1.82) is 0 Å². The highest BCUT2D eigenvalue weighted by Gasteiger charge is 2.39. The average molecular weight is 283 g/mol. The van der Waals surface area contributed by atoms with E-state index in [2.05, 4.69) is 10.2 Å². The molecule has 1 aliphatic carbocycles. The maximum Gasteiger partial charge on any atom is 0.251 e. The van der Waals surface area contributed by atoms with E-state index in [0.717, 1.165) is 31.4 Å². The number of likely N-dealkylation sites (N-methyl/N-ethyl adjacent to an activating group) is 1. The van der Waals surface area contributed by atoms with Gasteiger partial charge in [-0.2, -0.15) is 0 Å². The fourth-order valence-corrected chi connectivity index (χ4v) is 2.43. The smallest absolute Gasteiger partial charge is 0.251 e. The Kier molecular flexibility index (Phi) is 3.94. The second-order valence-corrected chi connectivity index (χ2v) is 5.51. The molecule has 0 aromatic heterocycles. The van der Waals surface area contributed by atoms with E-state index in [1.165, 1.54) is 0 Å². The number of nitrogens with one attached hydrogen (secondary N) is 1. The molecule has 1 saturated carbocycles. The number of halogens is 2. The summed E-state index contributed by atoms with van der Waals surface area (Å²) in [4.78, 5) is 14.1. The summed E-state index contributed by atoms with van der Waals surface area (Å²) >= 11 is 0. The van der Waals surface area contributed by atoms with Gasteiger partial charge in [0.15, 0.2) is 0 Å². The minimum Gasteiger partial charge on any atom is -0.394 e. The predicted molar refractivity (Wildman–Crippen MR) is 73.4 cm³/mol. The van der Waals surface area contributed by atoms with Crippen molar-refractivity contribution in [3.8, 4) is 0 Å². The highest BCUT2D eigenvalue weighted by Crippen LogP contribution is 2.35. The van der Waals surface area contributed by atoms with Gasteiger partial charge in [0.2, 0.25) is 0 Å². The van der Waals surface area contributed by atoms with Gasteiger partial charge in [0.05, 0.1) is 0 Å². The first-order chi connectivity index (χ1) is 9.35. The normalized spacial score (nSPS) is 16.9. The summed E-state index contributed by atoms with van der Waals surface area (Å²) in [6.07, 6.45) is 3.13. The molecule has 1 aromatic carbocycles. The van der Waals surface area contributed by atoms with E-state index in [0.29, 0.717) is 6.54 Å². The van der Waals surface area contributed by atoms with Crippen molar-refractivity contribution >= 4 is 11.6 Å². The Labute approximate surface area is 116 Å². The van der Waals surface area contributed by atoms with Crippen LogP contribution in [0.5, 0.6) is 0 Å². The average Bonchev–Trinajstić information content (AvgIpc) is 2.33. The summed E-state index contributed by atoms with van der Waals surface area (Å²) in [6, 6.07) is 1.91. The van der Waals surface area contributed by atoms with Crippen LogP contribution in [0.3, 0.4) is 0 Å². The van der Waals surface area contributed by atoms with E-state index in [-0.39, 0.29) is 11.1 Å². The van der Waals surface area contributed by atoms with Gasteiger partial charge in [0, 0.05) is 17.6 Å². The van der Waals surface area contributed by atoms with Gasteiger partial charge in [-0.25, -0.2) is 8.78 Å². The molecular weight excluding hydrogens is 264 g/mol. The van der Waals surface area contributed by atoms with Crippen LogP contribution in [0.15, 0.2) is 12.1 Å². The van der Waals surface area contributed by atoms with E-state index < -0.39 is 23.2 Å². The minimum absolute atomic E-state index is 0.0411. The van der Waals surface area contributed by atoms with E-state index in [1.54, 1.807) is 0 Å². The van der Waals surface area contributed by atoms with Crippen LogP contribution < -0.4 is 11.1 Å². The van der Waals surface area contributed by atoms with Gasteiger partial charge in [-0.1, -0.05) is 0 Å². The van der Waals surface area contributed by atoms with Crippen molar-refractivity contribution in [2.45, 2.75) is 24.8 Å². The Morgan fingerprint density at radius 1 is 1.35 bits per heavy atom. The molecule has 0 unspecified atom stereocenters. The quantitative estimate of drug-likeness (QED) is 0.828. The number of benzene rings is 1. The molecule has 0 atom stereocenters. The molecule has 0 heterocycles. The number of hydrogen-bond acceptors (Lipinski definition) is 3. The first-order valence-electron chi connectivity index (χ1n) is 6.56. The maximum atomic E-state index is 13.3. The molecule has 110 valence electrons. The van der Waals surface area contributed by atoms with Crippen LogP contribution in [0.4, 0.5) is 14.5 Å². The minimum atomic E-state index is -0.916. The largest absolute Gasteiger partial charge is 0.394 e. The highest BCUT2D eigenvalue weighted by atomic mass is 19.1. The number of anilines is 1. The fraction of sp³-hybridized carbons (Fsp3) is 0.500. The van der Waals surface area contributed by atoms with Gasteiger partial charge >= 0.3 is 0 Å². The van der Waals surface area contributed by atoms with Gasteiger partial charge in [-0.15, -0.1) is 0 Å². The Morgan fingerprint density at radius 2 is 1.90 bits per heavy atom. The van der Waals surface area contributed by atoms with E-state index >= 15 is 0 Å². The molecule has 1 fully saturated rings. The molecule has 20 heavy (non-hydrogen) atoms. The second-order valence-electron chi connectivity index (χ2n) is 5.51. The summed E-state index contributed by atoms with van der Waals surface area (Å²) in [5.74, 6) is -2.32. The summed E-state index contributed by atoms with van der Waals surface area (Å²) < 4.78 is 26.7. The molecule has 0 aliphatic heterocycles. The lowest BCUT2D eigenvalue weighted by molar-refractivity contribution is 0.0557. The number of nitrogens with zero attached hydrogens (tertiary/aromatic N) is 1. The van der Waals surface area contributed by atoms with Gasteiger partial charge in [-0.3, -0.25) is 4.79 Å². The van der Waals surface area contributed by atoms with Crippen LogP contribution in [0, 0.1) is 11.6 Å². The lowest BCUT2D eigenvalue weighted by Crippen LogP contribution is -2.57. The number of amides is 1. The molecule has 2 rings (SSSR count). The van der Waals surface area contributed by atoms with Crippen LogP contribution >= 0.6 is 0 Å². The zero-order valence-corrected chi connectivity index (χ0v) is 11.7. The fourth-order valence-electron chi connectivity index (χ4n) is 2.43. The van der Waals surface area contributed by atoms with Gasteiger partial charge < -0.3 is 16.0 Å². The van der Waals surface area contributed by atoms with Crippen molar-refractivity contribution in [2.24, 2.45) is 0 Å². The van der Waals surface area contributed by atoms with Crippen LogP contribution in [0.25, 0.3) is 0 Å². The number of rotatable bonds is 4. The van der Waals surface area contributed by atoms with Gasteiger partial charge in [0.1, 0.15) is 17.3 Å².